The molecule has 0 aromatic heterocycles. The van der Waals surface area contributed by atoms with E-state index in [2.05, 4.69) is 25.7 Å². The molecule has 0 bridgehead atoms. The van der Waals surface area contributed by atoms with Gasteiger partial charge in [-0.3, -0.25) is 0 Å². The molecule has 1 heterocycles. The third kappa shape index (κ3) is 0.920. The van der Waals surface area contributed by atoms with Crippen molar-refractivity contribution in [2.75, 3.05) is 0 Å². The SMILES string of the molecule is C=C[C@@H]1N[C@@H]1C(C)C. The van der Waals surface area contributed by atoms with Gasteiger partial charge in [0, 0.05) is 12.1 Å². The van der Waals surface area contributed by atoms with Gasteiger partial charge >= 0.3 is 0 Å². The molecule has 46 valence electrons. The van der Waals surface area contributed by atoms with Crippen LogP contribution in [-0.4, -0.2) is 12.1 Å². The normalized spacial score (nSPS) is 35.4. The second kappa shape index (κ2) is 1.90. The first kappa shape index (κ1) is 5.83. The quantitative estimate of drug-likeness (QED) is 0.419. The number of hydrogen-bond acceptors (Lipinski definition) is 1. The highest BCUT2D eigenvalue weighted by Gasteiger charge is 2.35. The summed E-state index contributed by atoms with van der Waals surface area (Å²) >= 11 is 0. The van der Waals surface area contributed by atoms with Crippen molar-refractivity contribution < 1.29 is 0 Å². The molecular weight excluding hydrogens is 98.1 g/mol. The molecule has 1 heteroatoms. The minimum Gasteiger partial charge on any atom is -0.304 e. The maximum absolute atomic E-state index is 3.69. The van der Waals surface area contributed by atoms with E-state index in [1.165, 1.54) is 0 Å². The lowest BCUT2D eigenvalue weighted by molar-refractivity contribution is 0.626. The molecule has 1 N–H and O–H groups in total. The summed E-state index contributed by atoms with van der Waals surface area (Å²) in [5.74, 6) is 0.762. The molecule has 0 unspecified atom stereocenters. The van der Waals surface area contributed by atoms with Crippen LogP contribution >= 0.6 is 0 Å². The van der Waals surface area contributed by atoms with Gasteiger partial charge in [-0.25, -0.2) is 0 Å². The van der Waals surface area contributed by atoms with Crippen molar-refractivity contribution >= 4 is 0 Å². The largest absolute Gasteiger partial charge is 0.304 e. The Morgan fingerprint density at radius 2 is 2.25 bits per heavy atom. The topological polar surface area (TPSA) is 21.9 Å². The Balaban J connectivity index is 2.26. The summed E-state index contributed by atoms with van der Waals surface area (Å²) in [6.07, 6.45) is 1.98. The molecule has 1 aliphatic rings. The highest BCUT2D eigenvalue weighted by Crippen LogP contribution is 2.19. The van der Waals surface area contributed by atoms with Crippen LogP contribution in [0, 0.1) is 5.92 Å². The van der Waals surface area contributed by atoms with Crippen molar-refractivity contribution in [3.63, 3.8) is 0 Å². The zero-order valence-electron chi connectivity index (χ0n) is 5.52. The van der Waals surface area contributed by atoms with Crippen molar-refractivity contribution in [2.24, 2.45) is 5.92 Å². The molecule has 0 radical (unpaired) electrons. The van der Waals surface area contributed by atoms with Gasteiger partial charge in [0.05, 0.1) is 0 Å². The Kier molecular flexibility index (Phi) is 1.39. The van der Waals surface area contributed by atoms with Gasteiger partial charge < -0.3 is 5.32 Å². The summed E-state index contributed by atoms with van der Waals surface area (Å²) in [5.41, 5.74) is 0. The van der Waals surface area contributed by atoms with Crippen LogP contribution in [0.1, 0.15) is 13.8 Å². The predicted octanol–water partition coefficient (Wildman–Crippen LogP) is 1.17. The van der Waals surface area contributed by atoms with E-state index in [0.29, 0.717) is 12.1 Å². The van der Waals surface area contributed by atoms with Crippen LogP contribution in [-0.2, 0) is 0 Å². The van der Waals surface area contributed by atoms with E-state index in [1.807, 2.05) is 6.08 Å². The van der Waals surface area contributed by atoms with Crippen LogP contribution in [0.15, 0.2) is 12.7 Å². The molecule has 1 aliphatic heterocycles. The lowest BCUT2D eigenvalue weighted by Crippen LogP contribution is -2.01. The Morgan fingerprint density at radius 3 is 2.38 bits per heavy atom. The highest BCUT2D eigenvalue weighted by atomic mass is 15.1. The number of rotatable bonds is 2. The second-order valence-corrected chi connectivity index (χ2v) is 2.70. The van der Waals surface area contributed by atoms with E-state index in [0.717, 1.165) is 5.92 Å². The van der Waals surface area contributed by atoms with Crippen molar-refractivity contribution in [3.05, 3.63) is 12.7 Å². The van der Waals surface area contributed by atoms with Gasteiger partial charge in [0.2, 0.25) is 0 Å². The first-order valence-electron chi connectivity index (χ1n) is 3.14. The molecule has 0 amide bonds. The monoisotopic (exact) mass is 111 g/mol. The van der Waals surface area contributed by atoms with E-state index >= 15 is 0 Å². The van der Waals surface area contributed by atoms with Crippen LogP contribution in [0.25, 0.3) is 0 Å². The van der Waals surface area contributed by atoms with Gasteiger partial charge in [-0.2, -0.15) is 0 Å². The van der Waals surface area contributed by atoms with Gasteiger partial charge in [0.15, 0.2) is 0 Å². The zero-order valence-corrected chi connectivity index (χ0v) is 5.52. The lowest BCUT2D eigenvalue weighted by Gasteiger charge is -1.95. The van der Waals surface area contributed by atoms with Gasteiger partial charge in [0.25, 0.3) is 0 Å². The summed E-state index contributed by atoms with van der Waals surface area (Å²) in [6, 6.07) is 1.32. The van der Waals surface area contributed by atoms with Gasteiger partial charge in [-0.15, -0.1) is 6.58 Å². The third-order valence-electron chi connectivity index (χ3n) is 1.63. The summed E-state index contributed by atoms with van der Waals surface area (Å²) in [7, 11) is 0. The molecule has 1 nitrogen and oxygen atoms in total. The Morgan fingerprint density at radius 1 is 1.62 bits per heavy atom. The molecule has 0 aliphatic carbocycles. The van der Waals surface area contributed by atoms with Gasteiger partial charge in [-0.05, 0) is 5.92 Å². The zero-order chi connectivity index (χ0) is 6.15. The Bertz CT molecular complexity index is 96.6. The first-order valence-corrected chi connectivity index (χ1v) is 3.14. The van der Waals surface area contributed by atoms with Crippen molar-refractivity contribution in [3.8, 4) is 0 Å². The fourth-order valence-corrected chi connectivity index (χ4v) is 0.988. The molecule has 1 fully saturated rings. The van der Waals surface area contributed by atoms with Crippen molar-refractivity contribution in [2.45, 2.75) is 25.9 Å². The van der Waals surface area contributed by atoms with Gasteiger partial charge in [-0.1, -0.05) is 19.9 Å². The maximum atomic E-state index is 3.69. The van der Waals surface area contributed by atoms with E-state index in [4.69, 9.17) is 0 Å². The van der Waals surface area contributed by atoms with E-state index in [1.54, 1.807) is 0 Å². The molecule has 0 aromatic rings. The Hall–Kier alpha value is -0.300. The van der Waals surface area contributed by atoms with Crippen molar-refractivity contribution in [1.82, 2.24) is 5.32 Å². The van der Waals surface area contributed by atoms with Crippen LogP contribution in [0.4, 0.5) is 0 Å². The van der Waals surface area contributed by atoms with Crippen LogP contribution < -0.4 is 5.32 Å². The van der Waals surface area contributed by atoms with Crippen molar-refractivity contribution in [1.29, 1.82) is 0 Å². The molecule has 0 saturated carbocycles. The minimum absolute atomic E-state index is 0.606. The third-order valence-corrected chi connectivity index (χ3v) is 1.63. The van der Waals surface area contributed by atoms with E-state index < -0.39 is 0 Å². The molecular formula is C7H13N. The molecule has 2 atom stereocenters. The van der Waals surface area contributed by atoms with Crippen LogP contribution in [0.5, 0.6) is 0 Å². The second-order valence-electron chi connectivity index (χ2n) is 2.70. The predicted molar refractivity (Wildman–Crippen MR) is 35.7 cm³/mol. The summed E-state index contributed by atoms with van der Waals surface area (Å²) in [5, 5.41) is 3.30. The van der Waals surface area contributed by atoms with Gasteiger partial charge in [0.1, 0.15) is 0 Å². The summed E-state index contributed by atoms with van der Waals surface area (Å²) in [6.45, 7) is 8.14. The molecule has 1 saturated heterocycles. The molecule has 0 spiro atoms. The van der Waals surface area contributed by atoms with Crippen LogP contribution in [0.2, 0.25) is 0 Å². The first-order chi connectivity index (χ1) is 3.75. The van der Waals surface area contributed by atoms with E-state index in [-0.39, 0.29) is 0 Å². The highest BCUT2D eigenvalue weighted by molar-refractivity contribution is 5.09. The number of hydrogen-bond donors (Lipinski definition) is 1. The smallest absolute Gasteiger partial charge is 0.0408 e. The standard InChI is InChI=1S/C7H13N/c1-4-6-7(8-6)5(2)3/h4-8H,1H2,2-3H3/t6-,7+/m0/s1. The summed E-state index contributed by atoms with van der Waals surface area (Å²) < 4.78 is 0. The molecule has 8 heavy (non-hydrogen) atoms. The average Bonchev–Trinajstić information content (AvgIpc) is 2.42. The Labute approximate surface area is 50.8 Å². The fourth-order valence-electron chi connectivity index (χ4n) is 0.988. The lowest BCUT2D eigenvalue weighted by atomic mass is 10.1. The molecule has 0 aromatic carbocycles. The summed E-state index contributed by atoms with van der Waals surface area (Å²) in [4.78, 5) is 0. The average molecular weight is 111 g/mol. The fraction of sp³-hybridized carbons (Fsp3) is 0.714. The minimum atomic E-state index is 0.606. The number of nitrogens with one attached hydrogen (secondary N) is 1. The van der Waals surface area contributed by atoms with Crippen LogP contribution in [0.3, 0.4) is 0 Å². The van der Waals surface area contributed by atoms with E-state index in [9.17, 15) is 0 Å². The maximum Gasteiger partial charge on any atom is 0.0408 e. The molecule has 1 rings (SSSR count).